The second-order valence-corrected chi connectivity index (χ2v) is 4.95. The van der Waals surface area contributed by atoms with Crippen LogP contribution >= 0.6 is 11.3 Å². The maximum absolute atomic E-state index is 5.15. The maximum Gasteiger partial charge on any atom is 0.188 e. The summed E-state index contributed by atoms with van der Waals surface area (Å²) in [6.07, 6.45) is 4.20. The Hall–Kier alpha value is -1.94. The van der Waals surface area contributed by atoms with Gasteiger partial charge < -0.3 is 4.74 Å². The van der Waals surface area contributed by atoms with Crippen molar-refractivity contribution < 1.29 is 9.30 Å². The summed E-state index contributed by atoms with van der Waals surface area (Å²) in [7, 11) is 1.68. The van der Waals surface area contributed by atoms with Crippen LogP contribution in [0.4, 0.5) is 0 Å². The molecule has 90 valence electrons. The molecule has 0 saturated carbocycles. The van der Waals surface area contributed by atoms with Crippen LogP contribution in [0.2, 0.25) is 0 Å². The Bertz CT molecular complexity index is 661. The molecule has 0 aliphatic heterocycles. The summed E-state index contributed by atoms with van der Waals surface area (Å²) >= 11 is 1.67. The van der Waals surface area contributed by atoms with E-state index in [1.807, 2.05) is 17.6 Å². The van der Waals surface area contributed by atoms with E-state index < -0.39 is 0 Å². The minimum absolute atomic E-state index is 0.859. The number of rotatable bonds is 3. The van der Waals surface area contributed by atoms with Crippen molar-refractivity contribution in [2.24, 2.45) is 0 Å². The average molecular weight is 257 g/mol. The van der Waals surface area contributed by atoms with Crippen LogP contribution < -0.4 is 9.30 Å². The lowest BCUT2D eigenvalue weighted by Gasteiger charge is -2.01. The number of fused-ring (bicyclic) bond motifs is 1. The number of hydrogen-bond acceptors (Lipinski definition) is 3. The molecule has 0 amide bonds. The lowest BCUT2D eigenvalue weighted by Crippen LogP contribution is -2.32. The summed E-state index contributed by atoms with van der Waals surface area (Å²) in [5.41, 5.74) is 4.19. The van der Waals surface area contributed by atoms with E-state index >= 15 is 0 Å². The van der Waals surface area contributed by atoms with Gasteiger partial charge in [0.2, 0.25) is 0 Å². The first kappa shape index (κ1) is 11.2. The molecule has 0 N–H and O–H groups in total. The van der Waals surface area contributed by atoms with E-state index in [2.05, 4.69) is 40.1 Å². The number of hydrogen-bond donors (Lipinski definition) is 0. The van der Waals surface area contributed by atoms with Crippen LogP contribution in [0, 0.1) is 0 Å². The van der Waals surface area contributed by atoms with Crippen molar-refractivity contribution in [3.05, 3.63) is 53.8 Å². The molecule has 1 aromatic carbocycles. The number of methoxy groups -OCH3 is 1. The maximum atomic E-state index is 5.15. The Morgan fingerprint density at radius 1 is 1.22 bits per heavy atom. The van der Waals surface area contributed by atoms with Gasteiger partial charge in [0.25, 0.3) is 0 Å². The van der Waals surface area contributed by atoms with Crippen molar-refractivity contribution in [1.29, 1.82) is 0 Å². The normalized spacial score (nSPS) is 10.7. The van der Waals surface area contributed by atoms with Crippen LogP contribution in [0.5, 0.6) is 5.75 Å². The standard InChI is InChI=1S/C14H13N2OS/c1-17-12-4-2-11(3-5-12)8-16-7-6-13-14(9-16)18-10-15-13/h2-7,9-10H,8H2,1H3/q+1. The van der Waals surface area contributed by atoms with Crippen LogP contribution in [-0.2, 0) is 6.54 Å². The van der Waals surface area contributed by atoms with E-state index in [1.54, 1.807) is 18.4 Å². The monoisotopic (exact) mass is 257 g/mol. The highest BCUT2D eigenvalue weighted by Crippen LogP contribution is 2.15. The predicted molar refractivity (Wildman–Crippen MR) is 71.9 cm³/mol. The summed E-state index contributed by atoms with van der Waals surface area (Å²) < 4.78 is 8.54. The van der Waals surface area contributed by atoms with Crippen molar-refractivity contribution in [2.75, 3.05) is 7.11 Å². The Balaban J connectivity index is 1.85. The largest absolute Gasteiger partial charge is 0.497 e. The van der Waals surface area contributed by atoms with Gasteiger partial charge in [-0.1, -0.05) is 0 Å². The zero-order chi connectivity index (χ0) is 12.4. The first-order valence-corrected chi connectivity index (χ1v) is 6.58. The number of pyridine rings is 1. The molecule has 4 heteroatoms. The summed E-state index contributed by atoms with van der Waals surface area (Å²) in [5, 5.41) is 0. The Kier molecular flexibility index (Phi) is 2.94. The second kappa shape index (κ2) is 4.74. The summed E-state index contributed by atoms with van der Waals surface area (Å²) in [5.74, 6) is 0.890. The molecule has 3 nitrogen and oxygen atoms in total. The second-order valence-electron chi connectivity index (χ2n) is 4.07. The minimum Gasteiger partial charge on any atom is -0.497 e. The third-order valence-electron chi connectivity index (χ3n) is 2.86. The molecule has 0 atom stereocenters. The first-order valence-electron chi connectivity index (χ1n) is 5.70. The van der Waals surface area contributed by atoms with Gasteiger partial charge in [0.15, 0.2) is 18.9 Å². The predicted octanol–water partition coefficient (Wildman–Crippen LogP) is 2.64. The Morgan fingerprint density at radius 2 is 2.06 bits per heavy atom. The van der Waals surface area contributed by atoms with Gasteiger partial charge in [-0.15, -0.1) is 11.3 Å². The zero-order valence-electron chi connectivity index (χ0n) is 10.0. The van der Waals surface area contributed by atoms with Crippen molar-refractivity contribution in [3.63, 3.8) is 0 Å². The highest BCUT2D eigenvalue weighted by molar-refractivity contribution is 7.16. The van der Waals surface area contributed by atoms with E-state index in [-0.39, 0.29) is 0 Å². The van der Waals surface area contributed by atoms with Gasteiger partial charge in [-0.25, -0.2) is 4.98 Å². The molecular formula is C14H13N2OS+. The third kappa shape index (κ3) is 2.19. The molecule has 0 radical (unpaired) electrons. The van der Waals surface area contributed by atoms with Crippen LogP contribution in [0.1, 0.15) is 5.56 Å². The van der Waals surface area contributed by atoms with E-state index in [0.717, 1.165) is 17.8 Å². The lowest BCUT2D eigenvalue weighted by molar-refractivity contribution is -0.686. The summed E-state index contributed by atoms with van der Waals surface area (Å²) in [6, 6.07) is 10.2. The fourth-order valence-electron chi connectivity index (χ4n) is 1.89. The van der Waals surface area contributed by atoms with Gasteiger partial charge in [0, 0.05) is 11.6 Å². The first-order chi connectivity index (χ1) is 8.85. The minimum atomic E-state index is 0.859. The van der Waals surface area contributed by atoms with E-state index in [1.165, 1.54) is 10.3 Å². The molecule has 18 heavy (non-hydrogen) atoms. The molecule has 0 aliphatic carbocycles. The smallest absolute Gasteiger partial charge is 0.188 e. The highest BCUT2D eigenvalue weighted by Gasteiger charge is 2.06. The van der Waals surface area contributed by atoms with Crippen molar-refractivity contribution >= 4 is 21.6 Å². The molecular weight excluding hydrogens is 244 g/mol. The van der Waals surface area contributed by atoms with E-state index in [4.69, 9.17) is 4.74 Å². The van der Waals surface area contributed by atoms with Crippen molar-refractivity contribution in [1.82, 2.24) is 4.98 Å². The average Bonchev–Trinajstić information content (AvgIpc) is 2.87. The number of benzene rings is 1. The molecule has 0 bridgehead atoms. The topological polar surface area (TPSA) is 26.0 Å². The zero-order valence-corrected chi connectivity index (χ0v) is 10.9. The molecule has 0 fully saturated rings. The van der Waals surface area contributed by atoms with Crippen LogP contribution in [-0.4, -0.2) is 12.1 Å². The Morgan fingerprint density at radius 3 is 2.83 bits per heavy atom. The molecule has 2 heterocycles. The summed E-state index contributed by atoms with van der Waals surface area (Å²) in [6.45, 7) is 0.859. The van der Waals surface area contributed by atoms with Gasteiger partial charge in [-0.05, 0) is 24.3 Å². The number of thiazole rings is 1. The SMILES string of the molecule is COc1ccc(C[n+]2ccc3ncsc3c2)cc1. The van der Waals surface area contributed by atoms with Gasteiger partial charge in [-0.2, -0.15) is 4.57 Å². The van der Waals surface area contributed by atoms with Crippen LogP contribution in [0.25, 0.3) is 10.2 Å². The number of nitrogens with zero attached hydrogens (tertiary/aromatic N) is 2. The van der Waals surface area contributed by atoms with E-state index in [0.29, 0.717) is 0 Å². The highest BCUT2D eigenvalue weighted by atomic mass is 32.1. The van der Waals surface area contributed by atoms with Gasteiger partial charge in [0.1, 0.15) is 10.4 Å². The number of ether oxygens (including phenoxy) is 1. The Labute approximate surface area is 109 Å². The molecule has 3 rings (SSSR count). The fourth-order valence-corrected chi connectivity index (χ4v) is 2.60. The lowest BCUT2D eigenvalue weighted by atomic mass is 10.2. The molecule has 0 aliphatic rings. The summed E-state index contributed by atoms with van der Waals surface area (Å²) in [4.78, 5) is 4.28. The number of aromatic nitrogens is 2. The third-order valence-corrected chi connectivity index (χ3v) is 3.63. The molecule has 2 aromatic heterocycles. The van der Waals surface area contributed by atoms with Gasteiger partial charge in [-0.3, -0.25) is 0 Å². The molecule has 0 spiro atoms. The van der Waals surface area contributed by atoms with E-state index in [9.17, 15) is 0 Å². The van der Waals surface area contributed by atoms with Crippen LogP contribution in [0.15, 0.2) is 48.2 Å². The van der Waals surface area contributed by atoms with Crippen LogP contribution in [0.3, 0.4) is 0 Å². The molecule has 0 saturated heterocycles. The molecule has 3 aromatic rings. The van der Waals surface area contributed by atoms with Crippen molar-refractivity contribution in [2.45, 2.75) is 6.54 Å². The quantitative estimate of drug-likeness (QED) is 0.674. The van der Waals surface area contributed by atoms with Gasteiger partial charge >= 0.3 is 0 Å². The fraction of sp³-hybridized carbons (Fsp3) is 0.143. The van der Waals surface area contributed by atoms with Gasteiger partial charge in [0.05, 0.1) is 18.1 Å². The molecule has 0 unspecified atom stereocenters. The van der Waals surface area contributed by atoms with Crippen molar-refractivity contribution in [3.8, 4) is 5.75 Å².